The highest BCUT2D eigenvalue weighted by Crippen LogP contribution is 2.27. The third-order valence-electron chi connectivity index (χ3n) is 4.44. The van der Waals surface area contributed by atoms with Gasteiger partial charge in [-0.25, -0.2) is 0 Å². The molecule has 0 bridgehead atoms. The number of nitrogens with zero attached hydrogens (tertiary/aromatic N) is 1. The van der Waals surface area contributed by atoms with Crippen LogP contribution in [0.4, 0.5) is 0 Å². The molecule has 20 heavy (non-hydrogen) atoms. The zero-order chi connectivity index (χ0) is 14.6. The van der Waals surface area contributed by atoms with Crippen LogP contribution in [0.5, 0.6) is 0 Å². The van der Waals surface area contributed by atoms with Crippen LogP contribution in [-0.4, -0.2) is 37.0 Å². The van der Waals surface area contributed by atoms with E-state index < -0.39 is 5.41 Å². The van der Waals surface area contributed by atoms with Crippen molar-refractivity contribution in [2.24, 2.45) is 0 Å². The Kier molecular flexibility index (Phi) is 4.81. The van der Waals surface area contributed by atoms with Gasteiger partial charge in [0.25, 0.3) is 0 Å². The van der Waals surface area contributed by atoms with Crippen molar-refractivity contribution in [1.82, 2.24) is 10.2 Å². The SMILES string of the molecule is CN(C(=O)C(C)(C)c1ccccc1)C1CCCNCC1. The zero-order valence-corrected chi connectivity index (χ0v) is 12.9. The smallest absolute Gasteiger partial charge is 0.232 e. The molecule has 0 aromatic heterocycles. The maximum absolute atomic E-state index is 12.9. The Labute approximate surface area is 122 Å². The number of benzene rings is 1. The first kappa shape index (κ1) is 15.0. The van der Waals surface area contributed by atoms with Crippen LogP contribution in [-0.2, 0) is 10.2 Å². The maximum atomic E-state index is 12.9. The number of carbonyl (C=O) groups is 1. The van der Waals surface area contributed by atoms with Crippen molar-refractivity contribution in [1.29, 1.82) is 0 Å². The first-order valence-corrected chi connectivity index (χ1v) is 7.57. The Morgan fingerprint density at radius 1 is 1.20 bits per heavy atom. The van der Waals surface area contributed by atoms with Crippen LogP contribution in [0.2, 0.25) is 0 Å². The molecule has 3 nitrogen and oxygen atoms in total. The van der Waals surface area contributed by atoms with Gasteiger partial charge in [-0.1, -0.05) is 30.3 Å². The minimum absolute atomic E-state index is 0.218. The Morgan fingerprint density at radius 3 is 2.60 bits per heavy atom. The summed E-state index contributed by atoms with van der Waals surface area (Å²) in [6, 6.07) is 10.4. The zero-order valence-electron chi connectivity index (χ0n) is 12.9. The maximum Gasteiger partial charge on any atom is 0.232 e. The lowest BCUT2D eigenvalue weighted by Crippen LogP contribution is -2.46. The summed E-state index contributed by atoms with van der Waals surface area (Å²) in [5.41, 5.74) is 0.624. The average molecular weight is 274 g/mol. The highest BCUT2D eigenvalue weighted by molar-refractivity contribution is 5.87. The van der Waals surface area contributed by atoms with Gasteiger partial charge in [0.1, 0.15) is 0 Å². The van der Waals surface area contributed by atoms with E-state index in [4.69, 9.17) is 0 Å². The van der Waals surface area contributed by atoms with Crippen LogP contribution in [0.15, 0.2) is 30.3 Å². The van der Waals surface area contributed by atoms with E-state index in [1.54, 1.807) is 0 Å². The normalized spacial score (nSPS) is 20.2. The van der Waals surface area contributed by atoms with Crippen molar-refractivity contribution in [3.63, 3.8) is 0 Å². The van der Waals surface area contributed by atoms with Crippen LogP contribution < -0.4 is 5.32 Å². The van der Waals surface area contributed by atoms with Gasteiger partial charge in [-0.15, -0.1) is 0 Å². The average Bonchev–Trinajstić information content (AvgIpc) is 2.75. The molecule has 2 rings (SSSR count). The van der Waals surface area contributed by atoms with Crippen LogP contribution in [0, 0.1) is 0 Å². The van der Waals surface area contributed by atoms with Crippen molar-refractivity contribution in [2.75, 3.05) is 20.1 Å². The second-order valence-corrected chi connectivity index (χ2v) is 6.24. The molecule has 1 N–H and O–H groups in total. The Hall–Kier alpha value is -1.35. The summed E-state index contributed by atoms with van der Waals surface area (Å²) in [5, 5.41) is 3.40. The van der Waals surface area contributed by atoms with E-state index >= 15 is 0 Å². The number of likely N-dealkylation sites (N-methyl/N-ethyl adjacent to an activating group) is 1. The molecule has 110 valence electrons. The third kappa shape index (κ3) is 3.21. The molecule has 1 unspecified atom stereocenters. The first-order chi connectivity index (χ1) is 9.53. The summed E-state index contributed by atoms with van der Waals surface area (Å²) in [7, 11) is 1.96. The van der Waals surface area contributed by atoms with Crippen LogP contribution >= 0.6 is 0 Å². The first-order valence-electron chi connectivity index (χ1n) is 7.57. The molecular formula is C17H26N2O. The molecular weight excluding hydrogens is 248 g/mol. The molecule has 1 aromatic rings. The summed E-state index contributed by atoms with van der Waals surface area (Å²) in [6.07, 6.45) is 3.29. The lowest BCUT2D eigenvalue weighted by molar-refractivity contribution is -0.137. The number of hydrogen-bond donors (Lipinski definition) is 1. The molecule has 1 amide bonds. The molecule has 3 heteroatoms. The standard InChI is InChI=1S/C17H26N2O/c1-17(2,14-8-5-4-6-9-14)16(20)19(3)15-10-7-12-18-13-11-15/h4-6,8-9,15,18H,7,10-13H2,1-3H3. The predicted molar refractivity (Wildman–Crippen MR) is 82.7 cm³/mol. The van der Waals surface area contributed by atoms with E-state index in [1.807, 2.05) is 56.1 Å². The van der Waals surface area contributed by atoms with Crippen molar-refractivity contribution in [3.05, 3.63) is 35.9 Å². The summed E-state index contributed by atoms with van der Waals surface area (Å²) >= 11 is 0. The largest absolute Gasteiger partial charge is 0.342 e. The number of carbonyl (C=O) groups excluding carboxylic acids is 1. The van der Waals surface area contributed by atoms with E-state index in [1.165, 1.54) is 0 Å². The summed E-state index contributed by atoms with van der Waals surface area (Å²) < 4.78 is 0. The monoisotopic (exact) mass is 274 g/mol. The number of hydrogen-bond acceptors (Lipinski definition) is 2. The molecule has 1 saturated heterocycles. The van der Waals surface area contributed by atoms with Crippen LogP contribution in [0.1, 0.15) is 38.7 Å². The second kappa shape index (κ2) is 6.40. The second-order valence-electron chi connectivity index (χ2n) is 6.24. The van der Waals surface area contributed by atoms with Crippen molar-refractivity contribution in [3.8, 4) is 0 Å². The van der Waals surface area contributed by atoms with Crippen molar-refractivity contribution >= 4 is 5.91 Å². The van der Waals surface area contributed by atoms with Gasteiger partial charge in [-0.2, -0.15) is 0 Å². The van der Waals surface area contributed by atoms with Gasteiger partial charge in [0, 0.05) is 13.1 Å². The molecule has 1 aliphatic heterocycles. The van der Waals surface area contributed by atoms with E-state index in [2.05, 4.69) is 5.32 Å². The van der Waals surface area contributed by atoms with E-state index in [9.17, 15) is 4.79 Å². The lowest BCUT2D eigenvalue weighted by Gasteiger charge is -2.34. The number of rotatable bonds is 3. The van der Waals surface area contributed by atoms with Gasteiger partial charge in [-0.3, -0.25) is 4.79 Å². The molecule has 1 aromatic carbocycles. The highest BCUT2D eigenvalue weighted by atomic mass is 16.2. The summed E-state index contributed by atoms with van der Waals surface area (Å²) in [5.74, 6) is 0.218. The van der Waals surface area contributed by atoms with E-state index in [0.717, 1.165) is 37.9 Å². The van der Waals surface area contributed by atoms with E-state index in [0.29, 0.717) is 6.04 Å². The number of amides is 1. The lowest BCUT2D eigenvalue weighted by atomic mass is 9.82. The van der Waals surface area contributed by atoms with Gasteiger partial charge in [-0.05, 0) is 51.8 Å². The third-order valence-corrected chi connectivity index (χ3v) is 4.44. The molecule has 0 spiro atoms. The fourth-order valence-corrected chi connectivity index (χ4v) is 2.97. The van der Waals surface area contributed by atoms with Crippen molar-refractivity contribution < 1.29 is 4.79 Å². The molecule has 1 heterocycles. The van der Waals surface area contributed by atoms with Crippen LogP contribution in [0.3, 0.4) is 0 Å². The Bertz CT molecular complexity index is 434. The molecule has 1 aliphatic rings. The van der Waals surface area contributed by atoms with Gasteiger partial charge < -0.3 is 10.2 Å². The molecule has 0 radical (unpaired) electrons. The quantitative estimate of drug-likeness (QED) is 0.919. The Morgan fingerprint density at radius 2 is 1.90 bits per heavy atom. The van der Waals surface area contributed by atoms with E-state index in [-0.39, 0.29) is 5.91 Å². The molecule has 0 saturated carbocycles. The van der Waals surface area contributed by atoms with Crippen LogP contribution in [0.25, 0.3) is 0 Å². The molecule has 0 aliphatic carbocycles. The van der Waals surface area contributed by atoms with Crippen molar-refractivity contribution in [2.45, 2.75) is 44.6 Å². The Balaban J connectivity index is 2.12. The fraction of sp³-hybridized carbons (Fsp3) is 0.588. The van der Waals surface area contributed by atoms with Gasteiger partial charge >= 0.3 is 0 Å². The summed E-state index contributed by atoms with van der Waals surface area (Å²) in [4.78, 5) is 14.9. The van der Waals surface area contributed by atoms with Gasteiger partial charge in [0.2, 0.25) is 5.91 Å². The van der Waals surface area contributed by atoms with Gasteiger partial charge in [0.05, 0.1) is 5.41 Å². The minimum atomic E-state index is -0.463. The predicted octanol–water partition coefficient (Wildman–Crippen LogP) is 2.56. The van der Waals surface area contributed by atoms with Gasteiger partial charge in [0.15, 0.2) is 0 Å². The number of nitrogens with one attached hydrogen (secondary N) is 1. The topological polar surface area (TPSA) is 32.3 Å². The highest BCUT2D eigenvalue weighted by Gasteiger charge is 2.34. The summed E-state index contributed by atoms with van der Waals surface area (Å²) in [6.45, 7) is 6.13. The fourth-order valence-electron chi connectivity index (χ4n) is 2.97. The molecule has 1 fully saturated rings. The molecule has 1 atom stereocenters. The minimum Gasteiger partial charge on any atom is -0.342 e.